The predicted molar refractivity (Wildman–Crippen MR) is 115 cm³/mol. The third-order valence-corrected chi connectivity index (χ3v) is 5.26. The highest BCUT2D eigenvalue weighted by atomic mass is 35.5. The first-order valence-electron chi connectivity index (χ1n) is 9.70. The maximum Gasteiger partial charge on any atom is 0.251 e. The van der Waals surface area contributed by atoms with Crippen LogP contribution in [0.25, 0.3) is 0 Å². The highest BCUT2D eigenvalue weighted by Gasteiger charge is 2.16. The largest absolute Gasteiger partial charge is 0.487 e. The fourth-order valence-corrected chi connectivity index (χ4v) is 3.37. The molecule has 1 heterocycles. The number of halogens is 1. The molecule has 1 N–H and O–H groups in total. The van der Waals surface area contributed by atoms with Crippen LogP contribution in [0.4, 0.5) is 0 Å². The van der Waals surface area contributed by atoms with Gasteiger partial charge in [0.25, 0.3) is 5.91 Å². The standard InChI is InChI=1S/C23H26ClN3O2/c1-5-27-17(4)20(13-25-27)16(3)26-23(28)19-9-7-18(8-10-19)14-29-22-12-15(2)6-11-21(22)24/h6-13,16H,5,14H2,1-4H3,(H,26,28). The summed E-state index contributed by atoms with van der Waals surface area (Å²) in [6.07, 6.45) is 1.82. The Morgan fingerprint density at radius 3 is 2.59 bits per heavy atom. The van der Waals surface area contributed by atoms with Crippen LogP contribution in [-0.2, 0) is 13.2 Å². The Bertz CT molecular complexity index is 996. The van der Waals surface area contributed by atoms with E-state index >= 15 is 0 Å². The van der Waals surface area contributed by atoms with E-state index in [1.807, 2.05) is 68.9 Å². The number of rotatable bonds is 7. The molecule has 0 aliphatic heterocycles. The van der Waals surface area contributed by atoms with E-state index in [0.717, 1.165) is 28.9 Å². The summed E-state index contributed by atoms with van der Waals surface area (Å²) in [4.78, 5) is 12.6. The van der Waals surface area contributed by atoms with Crippen molar-refractivity contribution in [3.63, 3.8) is 0 Å². The lowest BCUT2D eigenvalue weighted by molar-refractivity contribution is 0.0939. The average molecular weight is 412 g/mol. The molecule has 1 atom stereocenters. The number of amides is 1. The first-order valence-corrected chi connectivity index (χ1v) is 10.1. The summed E-state index contributed by atoms with van der Waals surface area (Å²) < 4.78 is 7.73. The highest BCUT2D eigenvalue weighted by Crippen LogP contribution is 2.26. The second kappa shape index (κ2) is 9.14. The number of carbonyl (C=O) groups is 1. The third-order valence-electron chi connectivity index (χ3n) is 4.95. The van der Waals surface area contributed by atoms with Crippen LogP contribution in [0.5, 0.6) is 5.75 Å². The first-order chi connectivity index (χ1) is 13.9. The predicted octanol–water partition coefficient (Wildman–Crippen LogP) is 5.24. The molecule has 0 spiro atoms. The van der Waals surface area contributed by atoms with Gasteiger partial charge in [-0.1, -0.05) is 29.8 Å². The highest BCUT2D eigenvalue weighted by molar-refractivity contribution is 6.32. The van der Waals surface area contributed by atoms with E-state index in [4.69, 9.17) is 16.3 Å². The van der Waals surface area contributed by atoms with Crippen molar-refractivity contribution < 1.29 is 9.53 Å². The lowest BCUT2D eigenvalue weighted by Gasteiger charge is -2.14. The zero-order valence-electron chi connectivity index (χ0n) is 17.2. The van der Waals surface area contributed by atoms with Gasteiger partial charge in [0.05, 0.1) is 17.3 Å². The molecule has 3 aromatic rings. The summed E-state index contributed by atoms with van der Waals surface area (Å²) in [5.74, 6) is 0.542. The summed E-state index contributed by atoms with van der Waals surface area (Å²) in [6.45, 7) is 9.22. The number of nitrogens with zero attached hydrogens (tertiary/aromatic N) is 2. The number of ether oxygens (including phenoxy) is 1. The lowest BCUT2D eigenvalue weighted by Crippen LogP contribution is -2.27. The van der Waals surface area contributed by atoms with Gasteiger partial charge < -0.3 is 10.1 Å². The van der Waals surface area contributed by atoms with Gasteiger partial charge in [-0.15, -0.1) is 0 Å². The van der Waals surface area contributed by atoms with Crippen LogP contribution < -0.4 is 10.1 Å². The van der Waals surface area contributed by atoms with Gasteiger partial charge in [0, 0.05) is 23.4 Å². The molecule has 0 fully saturated rings. The van der Waals surface area contributed by atoms with Crippen LogP contribution in [-0.4, -0.2) is 15.7 Å². The van der Waals surface area contributed by atoms with Crippen molar-refractivity contribution in [2.75, 3.05) is 0 Å². The van der Waals surface area contributed by atoms with Crippen molar-refractivity contribution in [3.05, 3.63) is 81.6 Å². The number of carbonyl (C=O) groups excluding carboxylic acids is 1. The molecule has 1 aromatic heterocycles. The Morgan fingerprint density at radius 1 is 1.21 bits per heavy atom. The third kappa shape index (κ3) is 4.98. The molecule has 1 amide bonds. The van der Waals surface area contributed by atoms with E-state index < -0.39 is 0 Å². The summed E-state index contributed by atoms with van der Waals surface area (Å²) in [5.41, 5.74) is 4.76. The van der Waals surface area contributed by atoms with Gasteiger partial charge in [-0.3, -0.25) is 9.48 Å². The Labute approximate surface area is 176 Å². The smallest absolute Gasteiger partial charge is 0.251 e. The van der Waals surface area contributed by atoms with E-state index in [0.29, 0.717) is 22.9 Å². The zero-order valence-corrected chi connectivity index (χ0v) is 18.0. The van der Waals surface area contributed by atoms with E-state index in [1.165, 1.54) is 0 Å². The summed E-state index contributed by atoms with van der Waals surface area (Å²) in [6, 6.07) is 13.0. The van der Waals surface area contributed by atoms with Crippen molar-refractivity contribution in [2.24, 2.45) is 0 Å². The maximum atomic E-state index is 12.6. The fraction of sp³-hybridized carbons (Fsp3) is 0.304. The fourth-order valence-electron chi connectivity index (χ4n) is 3.20. The van der Waals surface area contributed by atoms with Gasteiger partial charge in [0.1, 0.15) is 12.4 Å². The Balaban J connectivity index is 1.61. The molecule has 0 saturated heterocycles. The van der Waals surface area contributed by atoms with E-state index in [2.05, 4.69) is 10.4 Å². The van der Waals surface area contributed by atoms with Gasteiger partial charge in [-0.25, -0.2) is 0 Å². The number of nitrogens with one attached hydrogen (secondary N) is 1. The number of benzene rings is 2. The zero-order chi connectivity index (χ0) is 21.0. The molecule has 29 heavy (non-hydrogen) atoms. The SMILES string of the molecule is CCn1ncc(C(C)NC(=O)c2ccc(COc3cc(C)ccc3Cl)cc2)c1C. The molecular weight excluding hydrogens is 386 g/mol. The molecule has 6 heteroatoms. The second-order valence-corrected chi connectivity index (χ2v) is 7.52. The Morgan fingerprint density at radius 2 is 1.93 bits per heavy atom. The second-order valence-electron chi connectivity index (χ2n) is 7.12. The quantitative estimate of drug-likeness (QED) is 0.578. The van der Waals surface area contributed by atoms with Crippen molar-refractivity contribution in [2.45, 2.75) is 46.9 Å². The first kappa shape index (κ1) is 20.9. The molecule has 0 aliphatic rings. The van der Waals surface area contributed by atoms with Crippen molar-refractivity contribution in [3.8, 4) is 5.75 Å². The molecule has 3 rings (SSSR count). The molecular formula is C23H26ClN3O2. The summed E-state index contributed by atoms with van der Waals surface area (Å²) >= 11 is 6.17. The minimum absolute atomic E-state index is 0.115. The van der Waals surface area contributed by atoms with Crippen molar-refractivity contribution in [1.29, 1.82) is 0 Å². The normalized spacial score (nSPS) is 11.9. The Kier molecular flexibility index (Phi) is 6.60. The van der Waals surface area contributed by atoms with Crippen LogP contribution in [0.15, 0.2) is 48.7 Å². The van der Waals surface area contributed by atoms with Crippen LogP contribution in [0, 0.1) is 13.8 Å². The van der Waals surface area contributed by atoms with Gasteiger partial charge in [0.15, 0.2) is 0 Å². The van der Waals surface area contributed by atoms with Gasteiger partial charge >= 0.3 is 0 Å². The number of aromatic nitrogens is 2. The van der Waals surface area contributed by atoms with Crippen molar-refractivity contribution >= 4 is 17.5 Å². The number of hydrogen-bond acceptors (Lipinski definition) is 3. The van der Waals surface area contributed by atoms with Crippen LogP contribution in [0.3, 0.4) is 0 Å². The molecule has 0 radical (unpaired) electrons. The van der Waals surface area contributed by atoms with Gasteiger partial charge in [0.2, 0.25) is 0 Å². The van der Waals surface area contributed by atoms with E-state index in [9.17, 15) is 4.79 Å². The maximum absolute atomic E-state index is 12.6. The molecule has 152 valence electrons. The van der Waals surface area contributed by atoms with Crippen LogP contribution in [0.1, 0.15) is 52.6 Å². The van der Waals surface area contributed by atoms with Gasteiger partial charge in [-0.05, 0) is 63.1 Å². The lowest BCUT2D eigenvalue weighted by atomic mass is 10.1. The average Bonchev–Trinajstić information content (AvgIpc) is 3.09. The van der Waals surface area contributed by atoms with Gasteiger partial charge in [-0.2, -0.15) is 5.10 Å². The molecule has 1 unspecified atom stereocenters. The van der Waals surface area contributed by atoms with Crippen LogP contribution >= 0.6 is 11.6 Å². The van der Waals surface area contributed by atoms with E-state index in [-0.39, 0.29) is 11.9 Å². The molecule has 0 bridgehead atoms. The molecule has 0 saturated carbocycles. The number of hydrogen-bond donors (Lipinski definition) is 1. The topological polar surface area (TPSA) is 56.2 Å². The number of aryl methyl sites for hydroxylation is 2. The van der Waals surface area contributed by atoms with Crippen LogP contribution in [0.2, 0.25) is 5.02 Å². The monoisotopic (exact) mass is 411 g/mol. The Hall–Kier alpha value is -2.79. The summed E-state index contributed by atoms with van der Waals surface area (Å²) in [7, 11) is 0. The molecule has 0 aliphatic carbocycles. The van der Waals surface area contributed by atoms with Crippen molar-refractivity contribution in [1.82, 2.24) is 15.1 Å². The molecule has 2 aromatic carbocycles. The minimum atomic E-state index is -0.116. The van der Waals surface area contributed by atoms with E-state index in [1.54, 1.807) is 12.1 Å². The minimum Gasteiger partial charge on any atom is -0.487 e. The summed E-state index contributed by atoms with van der Waals surface area (Å²) in [5, 5.41) is 7.97. The molecule has 5 nitrogen and oxygen atoms in total.